The van der Waals surface area contributed by atoms with E-state index in [1.54, 1.807) is 18.8 Å². The van der Waals surface area contributed by atoms with Crippen molar-refractivity contribution in [3.63, 3.8) is 0 Å². The van der Waals surface area contributed by atoms with Crippen LogP contribution in [0, 0.1) is 10.1 Å². The molecule has 0 aliphatic carbocycles. The minimum Gasteiger partial charge on any atom is -0.367 e. The van der Waals surface area contributed by atoms with Crippen molar-refractivity contribution in [2.24, 2.45) is 0 Å². The highest BCUT2D eigenvalue weighted by molar-refractivity contribution is 7.99. The van der Waals surface area contributed by atoms with Gasteiger partial charge in [0.1, 0.15) is 6.33 Å². The fourth-order valence-electron chi connectivity index (χ4n) is 1.19. The Labute approximate surface area is 104 Å². The molecule has 17 heavy (non-hydrogen) atoms. The zero-order chi connectivity index (χ0) is 12.8. The van der Waals surface area contributed by atoms with Crippen molar-refractivity contribution in [1.29, 1.82) is 0 Å². The third-order valence-electron chi connectivity index (χ3n) is 2.20. The highest BCUT2D eigenvalue weighted by Crippen LogP contribution is 2.28. The van der Waals surface area contributed by atoms with Crippen LogP contribution in [0.2, 0.25) is 0 Å². The van der Waals surface area contributed by atoms with Gasteiger partial charge in [0, 0.05) is 18.8 Å². The van der Waals surface area contributed by atoms with Crippen molar-refractivity contribution >= 4 is 29.1 Å². The summed E-state index contributed by atoms with van der Waals surface area (Å²) in [6, 6.07) is 0. The monoisotopic (exact) mass is 257 g/mol. The molecule has 1 atom stereocenters. The predicted molar refractivity (Wildman–Crippen MR) is 69.7 cm³/mol. The van der Waals surface area contributed by atoms with E-state index in [0.29, 0.717) is 11.8 Å². The molecule has 1 aromatic rings. The van der Waals surface area contributed by atoms with Crippen LogP contribution in [0.15, 0.2) is 6.33 Å². The molecule has 94 valence electrons. The van der Waals surface area contributed by atoms with Crippen LogP contribution in [-0.4, -0.2) is 40.0 Å². The first-order valence-electron chi connectivity index (χ1n) is 5.04. The number of anilines is 2. The van der Waals surface area contributed by atoms with Gasteiger partial charge in [0.25, 0.3) is 0 Å². The summed E-state index contributed by atoms with van der Waals surface area (Å²) in [5.74, 6) is 0.458. The molecule has 0 radical (unpaired) electrons. The molecule has 0 spiro atoms. The van der Waals surface area contributed by atoms with E-state index in [9.17, 15) is 10.1 Å². The first kappa shape index (κ1) is 13.5. The van der Waals surface area contributed by atoms with Crippen molar-refractivity contribution in [3.8, 4) is 0 Å². The molecule has 0 bridgehead atoms. The van der Waals surface area contributed by atoms with Crippen LogP contribution >= 0.6 is 11.8 Å². The standard InChI is InChI=1S/C9H15N5O2S/c1-6(17-3)4-11-9-7(14(15)16)8(10-2)12-5-13-9/h5-6H,4H2,1-3H3,(H2,10,11,12,13). The van der Waals surface area contributed by atoms with Crippen LogP contribution in [0.1, 0.15) is 6.92 Å². The Morgan fingerprint density at radius 2 is 2.18 bits per heavy atom. The molecule has 0 saturated heterocycles. The van der Waals surface area contributed by atoms with Gasteiger partial charge in [0.2, 0.25) is 11.6 Å². The average molecular weight is 257 g/mol. The predicted octanol–water partition coefficient (Wildman–Crippen LogP) is 1.59. The molecule has 0 aromatic carbocycles. The number of nitrogens with one attached hydrogen (secondary N) is 2. The van der Waals surface area contributed by atoms with E-state index in [-0.39, 0.29) is 17.3 Å². The molecule has 2 N–H and O–H groups in total. The molecule has 8 heteroatoms. The van der Waals surface area contributed by atoms with Gasteiger partial charge < -0.3 is 10.6 Å². The summed E-state index contributed by atoms with van der Waals surface area (Å²) in [6.45, 7) is 2.64. The molecule has 0 aliphatic rings. The maximum atomic E-state index is 11.0. The Morgan fingerprint density at radius 3 is 2.71 bits per heavy atom. The largest absolute Gasteiger partial charge is 0.367 e. The van der Waals surface area contributed by atoms with Crippen molar-refractivity contribution in [2.75, 3.05) is 30.5 Å². The van der Waals surface area contributed by atoms with E-state index in [0.717, 1.165) is 0 Å². The van der Waals surface area contributed by atoms with Gasteiger partial charge in [-0.15, -0.1) is 0 Å². The highest BCUT2D eigenvalue weighted by atomic mass is 32.2. The van der Waals surface area contributed by atoms with Gasteiger partial charge in [0.05, 0.1) is 4.92 Å². The Morgan fingerprint density at radius 1 is 1.53 bits per heavy atom. The molecule has 0 fully saturated rings. The minimum absolute atomic E-state index is 0.122. The number of hydrogen-bond donors (Lipinski definition) is 2. The van der Waals surface area contributed by atoms with Crippen LogP contribution in [0.3, 0.4) is 0 Å². The lowest BCUT2D eigenvalue weighted by Crippen LogP contribution is -2.15. The maximum Gasteiger partial charge on any atom is 0.353 e. The maximum absolute atomic E-state index is 11.0. The lowest BCUT2D eigenvalue weighted by atomic mass is 10.4. The van der Waals surface area contributed by atoms with E-state index in [4.69, 9.17) is 0 Å². The average Bonchev–Trinajstić information content (AvgIpc) is 2.34. The summed E-state index contributed by atoms with van der Waals surface area (Å²) < 4.78 is 0. The van der Waals surface area contributed by atoms with Crippen LogP contribution in [0.4, 0.5) is 17.3 Å². The lowest BCUT2D eigenvalue weighted by molar-refractivity contribution is -0.383. The van der Waals surface area contributed by atoms with Gasteiger partial charge in [-0.1, -0.05) is 6.92 Å². The summed E-state index contributed by atoms with van der Waals surface area (Å²) in [7, 11) is 1.59. The second kappa shape index (κ2) is 6.24. The first-order valence-corrected chi connectivity index (χ1v) is 6.32. The molecular formula is C9H15N5O2S. The summed E-state index contributed by atoms with van der Waals surface area (Å²) in [5, 5.41) is 17.0. The Bertz CT molecular complexity index is 401. The molecule has 0 aliphatic heterocycles. The van der Waals surface area contributed by atoms with Gasteiger partial charge in [-0.3, -0.25) is 10.1 Å². The summed E-state index contributed by atoms with van der Waals surface area (Å²) >= 11 is 1.68. The molecule has 1 unspecified atom stereocenters. The lowest BCUT2D eigenvalue weighted by Gasteiger charge is -2.11. The van der Waals surface area contributed by atoms with Gasteiger partial charge >= 0.3 is 5.69 Å². The van der Waals surface area contributed by atoms with Crippen LogP contribution < -0.4 is 10.6 Å². The summed E-state index contributed by atoms with van der Waals surface area (Å²) in [6.07, 6.45) is 3.28. The van der Waals surface area contributed by atoms with Crippen molar-refractivity contribution in [2.45, 2.75) is 12.2 Å². The second-order valence-electron chi connectivity index (χ2n) is 3.35. The summed E-state index contributed by atoms with van der Waals surface area (Å²) in [4.78, 5) is 18.2. The van der Waals surface area contributed by atoms with E-state index in [1.165, 1.54) is 6.33 Å². The van der Waals surface area contributed by atoms with Gasteiger partial charge in [-0.05, 0) is 6.26 Å². The molecule has 1 rings (SSSR count). The zero-order valence-electron chi connectivity index (χ0n) is 9.93. The van der Waals surface area contributed by atoms with Crippen LogP contribution in [0.5, 0.6) is 0 Å². The Balaban J connectivity index is 2.94. The minimum atomic E-state index is -0.488. The molecule has 1 aromatic heterocycles. The Kier molecular flexibility index (Phi) is 4.95. The first-order chi connectivity index (χ1) is 8.10. The second-order valence-corrected chi connectivity index (χ2v) is 4.63. The smallest absolute Gasteiger partial charge is 0.353 e. The number of nitro groups is 1. The van der Waals surface area contributed by atoms with Gasteiger partial charge in [-0.2, -0.15) is 11.8 Å². The van der Waals surface area contributed by atoms with Gasteiger partial charge in [0.15, 0.2) is 0 Å². The zero-order valence-corrected chi connectivity index (χ0v) is 10.7. The number of hydrogen-bond acceptors (Lipinski definition) is 7. The van der Waals surface area contributed by atoms with Crippen LogP contribution in [-0.2, 0) is 0 Å². The fourth-order valence-corrected chi connectivity index (χ4v) is 1.44. The third kappa shape index (κ3) is 3.45. The van der Waals surface area contributed by atoms with Crippen molar-refractivity contribution in [3.05, 3.63) is 16.4 Å². The normalized spacial score (nSPS) is 11.9. The van der Waals surface area contributed by atoms with E-state index < -0.39 is 4.92 Å². The topological polar surface area (TPSA) is 93.0 Å². The van der Waals surface area contributed by atoms with Gasteiger partial charge in [-0.25, -0.2) is 9.97 Å². The number of aromatic nitrogens is 2. The van der Waals surface area contributed by atoms with E-state index in [1.807, 2.05) is 13.2 Å². The highest BCUT2D eigenvalue weighted by Gasteiger charge is 2.21. The quantitative estimate of drug-likeness (QED) is 0.590. The molecular weight excluding hydrogens is 242 g/mol. The molecule has 1 heterocycles. The van der Waals surface area contributed by atoms with Crippen LogP contribution in [0.25, 0.3) is 0 Å². The number of thioether (sulfide) groups is 1. The summed E-state index contributed by atoms with van der Waals surface area (Å²) in [5.41, 5.74) is -0.122. The Hall–Kier alpha value is -1.57. The number of nitrogens with zero attached hydrogens (tertiary/aromatic N) is 3. The SMILES string of the molecule is CNc1ncnc(NCC(C)SC)c1[N+](=O)[O-]. The molecule has 7 nitrogen and oxygen atoms in total. The van der Waals surface area contributed by atoms with Crippen molar-refractivity contribution < 1.29 is 4.92 Å². The van der Waals surface area contributed by atoms with E-state index >= 15 is 0 Å². The van der Waals surface area contributed by atoms with Crippen molar-refractivity contribution in [1.82, 2.24) is 9.97 Å². The number of rotatable bonds is 6. The third-order valence-corrected chi connectivity index (χ3v) is 3.17. The molecule has 0 amide bonds. The molecule has 0 saturated carbocycles. The van der Waals surface area contributed by atoms with E-state index in [2.05, 4.69) is 20.6 Å². The fraction of sp³-hybridized carbons (Fsp3) is 0.556.